The third-order valence-electron chi connectivity index (χ3n) is 5.64. The summed E-state index contributed by atoms with van der Waals surface area (Å²) in [5.41, 5.74) is 3.01. The summed E-state index contributed by atoms with van der Waals surface area (Å²) in [5, 5.41) is 10.3. The molecule has 1 N–H and O–H groups in total. The van der Waals surface area contributed by atoms with Crippen LogP contribution in [0.1, 0.15) is 29.1 Å². The molecule has 0 aliphatic carbocycles. The predicted molar refractivity (Wildman–Crippen MR) is 104 cm³/mol. The van der Waals surface area contributed by atoms with E-state index in [1.54, 1.807) is 12.0 Å². The molecule has 0 unspecified atom stereocenters. The number of benzene rings is 1. The molecule has 2 aromatic rings. The van der Waals surface area contributed by atoms with Gasteiger partial charge in [-0.15, -0.1) is 0 Å². The summed E-state index contributed by atoms with van der Waals surface area (Å²) in [4.78, 5) is 26.0. The third-order valence-corrected chi connectivity index (χ3v) is 5.64. The Morgan fingerprint density at radius 3 is 2.82 bits per heavy atom. The maximum atomic E-state index is 12.9. The van der Waals surface area contributed by atoms with Crippen molar-refractivity contribution in [1.29, 1.82) is 0 Å². The SMILES string of the molecule is COc1ccc(Cc2ncc3c(n2)CN(C(=O)[C@@H]2CN(C)CC[C@@H]2O)C3)cc1. The minimum Gasteiger partial charge on any atom is -0.497 e. The van der Waals surface area contributed by atoms with Crippen molar-refractivity contribution in [2.75, 3.05) is 27.2 Å². The van der Waals surface area contributed by atoms with E-state index in [2.05, 4.69) is 9.88 Å². The summed E-state index contributed by atoms with van der Waals surface area (Å²) < 4.78 is 5.19. The highest BCUT2D eigenvalue weighted by Crippen LogP contribution is 2.26. The Kier molecular flexibility index (Phi) is 5.28. The van der Waals surface area contributed by atoms with Gasteiger partial charge in [0.1, 0.15) is 11.6 Å². The van der Waals surface area contributed by atoms with Gasteiger partial charge in [-0.3, -0.25) is 4.79 Å². The number of methoxy groups -OCH3 is 1. The van der Waals surface area contributed by atoms with E-state index in [1.165, 1.54) is 0 Å². The molecule has 7 heteroatoms. The first kappa shape index (κ1) is 18.8. The number of likely N-dealkylation sites (tertiary alicyclic amines) is 1. The van der Waals surface area contributed by atoms with E-state index in [1.807, 2.05) is 37.5 Å². The normalized spacial score (nSPS) is 22.2. The summed E-state index contributed by atoms with van der Waals surface area (Å²) in [5.74, 6) is 1.22. The number of amides is 1. The average Bonchev–Trinajstić information content (AvgIpc) is 3.13. The van der Waals surface area contributed by atoms with Crippen LogP contribution in [-0.2, 0) is 24.3 Å². The first-order valence-electron chi connectivity index (χ1n) is 9.65. The van der Waals surface area contributed by atoms with Gasteiger partial charge in [0.2, 0.25) is 5.91 Å². The Morgan fingerprint density at radius 2 is 2.07 bits per heavy atom. The van der Waals surface area contributed by atoms with Gasteiger partial charge in [0.05, 0.1) is 31.4 Å². The second-order valence-electron chi connectivity index (χ2n) is 7.70. The van der Waals surface area contributed by atoms with Gasteiger partial charge < -0.3 is 19.6 Å². The van der Waals surface area contributed by atoms with Crippen molar-refractivity contribution >= 4 is 5.91 Å². The van der Waals surface area contributed by atoms with Crippen molar-refractivity contribution in [3.63, 3.8) is 0 Å². The molecule has 28 heavy (non-hydrogen) atoms. The summed E-state index contributed by atoms with van der Waals surface area (Å²) in [7, 11) is 3.64. The van der Waals surface area contributed by atoms with Crippen molar-refractivity contribution in [2.24, 2.45) is 5.92 Å². The summed E-state index contributed by atoms with van der Waals surface area (Å²) >= 11 is 0. The zero-order valence-electron chi connectivity index (χ0n) is 16.3. The van der Waals surface area contributed by atoms with Gasteiger partial charge >= 0.3 is 0 Å². The highest BCUT2D eigenvalue weighted by molar-refractivity contribution is 5.80. The molecule has 2 aliphatic rings. The standard InChI is InChI=1S/C21H26N4O3/c1-24-8-7-19(26)17(12-24)21(27)25-11-15-10-22-20(23-18(15)13-25)9-14-3-5-16(28-2)6-4-14/h3-6,10,17,19,26H,7-9,11-13H2,1-2H3/t17-,19+/m1/s1. The van der Waals surface area contributed by atoms with E-state index in [0.717, 1.165) is 34.9 Å². The number of hydrogen-bond donors (Lipinski definition) is 1. The Bertz CT molecular complexity index is 855. The van der Waals surface area contributed by atoms with Crippen LogP contribution in [0.15, 0.2) is 30.5 Å². The molecule has 2 aliphatic heterocycles. The predicted octanol–water partition coefficient (Wildman–Crippen LogP) is 1.23. The molecule has 7 nitrogen and oxygen atoms in total. The second kappa shape index (κ2) is 7.85. The summed E-state index contributed by atoms with van der Waals surface area (Å²) in [6.07, 6.45) is 2.54. The van der Waals surface area contributed by atoms with Crippen LogP contribution >= 0.6 is 0 Å². The van der Waals surface area contributed by atoms with Crippen molar-refractivity contribution in [1.82, 2.24) is 19.8 Å². The fourth-order valence-electron chi connectivity index (χ4n) is 3.94. The van der Waals surface area contributed by atoms with Crippen molar-refractivity contribution in [3.05, 3.63) is 53.1 Å². The number of fused-ring (bicyclic) bond motifs is 1. The van der Waals surface area contributed by atoms with Gasteiger partial charge in [-0.25, -0.2) is 9.97 Å². The number of nitrogens with zero attached hydrogens (tertiary/aromatic N) is 4. The number of aliphatic hydroxyl groups excluding tert-OH is 1. The number of hydrogen-bond acceptors (Lipinski definition) is 6. The molecule has 0 bridgehead atoms. The number of carbonyl (C=O) groups is 1. The van der Waals surface area contributed by atoms with Crippen molar-refractivity contribution in [3.8, 4) is 5.75 Å². The van der Waals surface area contributed by atoms with Gasteiger partial charge in [-0.2, -0.15) is 0 Å². The smallest absolute Gasteiger partial charge is 0.230 e. The summed E-state index contributed by atoms with van der Waals surface area (Å²) in [6.45, 7) is 2.43. The maximum Gasteiger partial charge on any atom is 0.230 e. The first-order chi connectivity index (χ1) is 13.5. The van der Waals surface area contributed by atoms with E-state index >= 15 is 0 Å². The molecule has 0 radical (unpaired) electrons. The van der Waals surface area contributed by atoms with E-state index < -0.39 is 6.10 Å². The topological polar surface area (TPSA) is 78.8 Å². The number of rotatable bonds is 4. The molecule has 148 valence electrons. The molecular formula is C21H26N4O3. The van der Waals surface area contributed by atoms with Gasteiger partial charge in [-0.1, -0.05) is 12.1 Å². The van der Waals surface area contributed by atoms with Gasteiger partial charge in [0.25, 0.3) is 0 Å². The van der Waals surface area contributed by atoms with Crippen molar-refractivity contribution in [2.45, 2.75) is 32.0 Å². The molecule has 3 heterocycles. The molecule has 0 spiro atoms. The van der Waals surface area contributed by atoms with Crippen LogP contribution in [0.5, 0.6) is 5.75 Å². The fourth-order valence-corrected chi connectivity index (χ4v) is 3.94. The van der Waals surface area contributed by atoms with E-state index in [9.17, 15) is 9.90 Å². The van der Waals surface area contributed by atoms with Crippen LogP contribution in [0.3, 0.4) is 0 Å². The molecule has 1 amide bonds. The first-order valence-corrected chi connectivity index (χ1v) is 9.65. The molecule has 1 aromatic heterocycles. The quantitative estimate of drug-likeness (QED) is 0.857. The molecule has 1 fully saturated rings. The van der Waals surface area contributed by atoms with E-state index in [-0.39, 0.29) is 11.8 Å². The largest absolute Gasteiger partial charge is 0.497 e. The number of carbonyl (C=O) groups excluding carboxylic acids is 1. The molecule has 4 rings (SSSR count). The van der Waals surface area contributed by atoms with Gasteiger partial charge in [0, 0.05) is 37.8 Å². The highest BCUT2D eigenvalue weighted by atomic mass is 16.5. The zero-order valence-corrected chi connectivity index (χ0v) is 16.3. The molecule has 1 saturated heterocycles. The Hall–Kier alpha value is -2.51. The molecular weight excluding hydrogens is 356 g/mol. The molecule has 1 aromatic carbocycles. The zero-order chi connectivity index (χ0) is 19.7. The Labute approximate surface area is 165 Å². The Morgan fingerprint density at radius 1 is 1.29 bits per heavy atom. The number of aromatic nitrogens is 2. The number of ether oxygens (including phenoxy) is 1. The highest BCUT2D eigenvalue weighted by Gasteiger charge is 2.37. The van der Waals surface area contributed by atoms with Crippen LogP contribution < -0.4 is 4.74 Å². The Balaban J connectivity index is 1.44. The minimum atomic E-state index is -0.566. The fraction of sp³-hybridized carbons (Fsp3) is 0.476. The van der Waals surface area contributed by atoms with Gasteiger partial charge in [-0.05, 0) is 31.2 Å². The van der Waals surface area contributed by atoms with E-state index in [0.29, 0.717) is 32.5 Å². The molecule has 2 atom stereocenters. The number of aliphatic hydroxyl groups is 1. The lowest BCUT2D eigenvalue weighted by Gasteiger charge is -2.34. The van der Waals surface area contributed by atoms with Crippen LogP contribution in [0.25, 0.3) is 0 Å². The monoisotopic (exact) mass is 382 g/mol. The van der Waals surface area contributed by atoms with Crippen LogP contribution in [0.2, 0.25) is 0 Å². The number of piperidine rings is 1. The summed E-state index contributed by atoms with van der Waals surface area (Å²) in [6, 6.07) is 7.86. The van der Waals surface area contributed by atoms with Crippen molar-refractivity contribution < 1.29 is 14.6 Å². The van der Waals surface area contributed by atoms with Crippen LogP contribution in [-0.4, -0.2) is 64.1 Å². The lowest BCUT2D eigenvalue weighted by molar-refractivity contribution is -0.142. The third kappa shape index (κ3) is 3.86. The van der Waals surface area contributed by atoms with E-state index in [4.69, 9.17) is 9.72 Å². The van der Waals surface area contributed by atoms with Crippen LogP contribution in [0.4, 0.5) is 0 Å². The average molecular weight is 382 g/mol. The minimum absolute atomic E-state index is 0.00811. The second-order valence-corrected chi connectivity index (χ2v) is 7.70. The lowest BCUT2D eigenvalue weighted by atomic mass is 9.93. The lowest BCUT2D eigenvalue weighted by Crippen LogP contribution is -2.48. The van der Waals surface area contributed by atoms with Crippen LogP contribution in [0, 0.1) is 5.92 Å². The van der Waals surface area contributed by atoms with Gasteiger partial charge in [0.15, 0.2) is 0 Å². The maximum absolute atomic E-state index is 12.9. The molecule has 0 saturated carbocycles.